The van der Waals surface area contributed by atoms with Gasteiger partial charge in [-0.15, -0.1) is 6.58 Å². The topological polar surface area (TPSA) is 14.2 Å². The van der Waals surface area contributed by atoms with Gasteiger partial charge in [0.15, 0.2) is 0 Å². The third kappa shape index (κ3) is 2.33. The summed E-state index contributed by atoms with van der Waals surface area (Å²) in [6.07, 6.45) is 4.13. The molecule has 2 nitrogen and oxygen atoms in total. The Bertz CT molecular complexity index is 798. The van der Waals surface area contributed by atoms with Crippen LogP contribution in [0, 0.1) is 6.92 Å². The molecule has 2 heteroatoms. The summed E-state index contributed by atoms with van der Waals surface area (Å²) in [4.78, 5) is 0. The van der Waals surface area contributed by atoms with Crippen LogP contribution in [0.4, 0.5) is 0 Å². The third-order valence-electron chi connectivity index (χ3n) is 3.85. The molecule has 3 aromatic rings. The average Bonchev–Trinajstić information content (AvgIpc) is 2.87. The maximum absolute atomic E-state index is 5.37. The van der Waals surface area contributed by atoms with E-state index in [4.69, 9.17) is 4.74 Å². The van der Waals surface area contributed by atoms with Gasteiger partial charge in [-0.25, -0.2) is 0 Å². The number of methoxy groups -OCH3 is 1. The Hall–Kier alpha value is -2.48. The van der Waals surface area contributed by atoms with E-state index >= 15 is 0 Å². The number of nitrogens with zero attached hydrogens (tertiary/aromatic N) is 1. The number of benzene rings is 2. The molecular formula is C19H19NO. The Balaban J connectivity index is 2.27. The van der Waals surface area contributed by atoms with Crippen molar-refractivity contribution in [3.63, 3.8) is 0 Å². The minimum Gasteiger partial charge on any atom is -0.497 e. The fraction of sp³-hybridized carbons (Fsp3) is 0.158. The van der Waals surface area contributed by atoms with Crippen molar-refractivity contribution < 1.29 is 4.74 Å². The van der Waals surface area contributed by atoms with Gasteiger partial charge in [-0.3, -0.25) is 0 Å². The SMILES string of the molecule is C=CCn1cc(-c2cc(OC)ccc2C)c2ccccc21. The fourth-order valence-electron chi connectivity index (χ4n) is 2.77. The van der Waals surface area contributed by atoms with E-state index in [0.29, 0.717) is 0 Å². The van der Waals surface area contributed by atoms with Crippen molar-refractivity contribution in [3.8, 4) is 16.9 Å². The summed E-state index contributed by atoms with van der Waals surface area (Å²) in [6.45, 7) is 6.79. The summed E-state index contributed by atoms with van der Waals surface area (Å²) in [7, 11) is 1.70. The molecule has 0 N–H and O–H groups in total. The average molecular weight is 277 g/mol. The zero-order chi connectivity index (χ0) is 14.8. The van der Waals surface area contributed by atoms with Gasteiger partial charge in [0.25, 0.3) is 0 Å². The van der Waals surface area contributed by atoms with Crippen LogP contribution in [0.2, 0.25) is 0 Å². The van der Waals surface area contributed by atoms with Crippen LogP contribution in [-0.4, -0.2) is 11.7 Å². The molecular weight excluding hydrogens is 258 g/mol. The number of ether oxygens (including phenoxy) is 1. The molecule has 2 aromatic carbocycles. The lowest BCUT2D eigenvalue weighted by molar-refractivity contribution is 0.415. The Kier molecular flexibility index (Phi) is 3.53. The van der Waals surface area contributed by atoms with Gasteiger partial charge in [-0.05, 0) is 36.2 Å². The molecule has 0 amide bonds. The second-order valence-electron chi connectivity index (χ2n) is 5.18. The highest BCUT2D eigenvalue weighted by atomic mass is 16.5. The first-order valence-electron chi connectivity index (χ1n) is 7.08. The predicted molar refractivity (Wildman–Crippen MR) is 88.9 cm³/mol. The van der Waals surface area contributed by atoms with Crippen LogP contribution < -0.4 is 4.74 Å². The second kappa shape index (κ2) is 5.49. The van der Waals surface area contributed by atoms with Crippen molar-refractivity contribution in [2.24, 2.45) is 0 Å². The van der Waals surface area contributed by atoms with Gasteiger partial charge in [0.1, 0.15) is 5.75 Å². The van der Waals surface area contributed by atoms with Crippen molar-refractivity contribution in [2.45, 2.75) is 13.5 Å². The van der Waals surface area contributed by atoms with E-state index in [2.05, 4.69) is 60.7 Å². The molecule has 0 aliphatic carbocycles. The Morgan fingerprint density at radius 3 is 2.71 bits per heavy atom. The predicted octanol–water partition coefficient (Wildman–Crippen LogP) is 4.81. The monoisotopic (exact) mass is 277 g/mol. The van der Waals surface area contributed by atoms with Crippen LogP contribution in [0.3, 0.4) is 0 Å². The van der Waals surface area contributed by atoms with Gasteiger partial charge in [-0.1, -0.05) is 30.3 Å². The molecule has 21 heavy (non-hydrogen) atoms. The number of hydrogen-bond donors (Lipinski definition) is 0. The number of para-hydroxylation sites is 1. The highest BCUT2D eigenvalue weighted by molar-refractivity contribution is 5.97. The molecule has 0 saturated heterocycles. The Morgan fingerprint density at radius 1 is 1.14 bits per heavy atom. The maximum Gasteiger partial charge on any atom is 0.119 e. The highest BCUT2D eigenvalue weighted by Gasteiger charge is 2.12. The molecule has 0 radical (unpaired) electrons. The van der Waals surface area contributed by atoms with E-state index in [1.54, 1.807) is 7.11 Å². The molecule has 0 spiro atoms. The second-order valence-corrected chi connectivity index (χ2v) is 5.18. The fourth-order valence-corrected chi connectivity index (χ4v) is 2.77. The van der Waals surface area contributed by atoms with Crippen molar-refractivity contribution in [1.29, 1.82) is 0 Å². The molecule has 106 valence electrons. The van der Waals surface area contributed by atoms with Crippen LogP contribution in [0.25, 0.3) is 22.0 Å². The minimum atomic E-state index is 0.809. The minimum absolute atomic E-state index is 0.809. The molecule has 0 fully saturated rings. The zero-order valence-corrected chi connectivity index (χ0v) is 12.5. The van der Waals surface area contributed by atoms with Crippen LogP contribution in [0.15, 0.2) is 61.3 Å². The van der Waals surface area contributed by atoms with Crippen LogP contribution in [-0.2, 0) is 6.54 Å². The van der Waals surface area contributed by atoms with Crippen molar-refractivity contribution in [2.75, 3.05) is 7.11 Å². The van der Waals surface area contributed by atoms with Gasteiger partial charge in [-0.2, -0.15) is 0 Å². The third-order valence-corrected chi connectivity index (χ3v) is 3.85. The first-order valence-corrected chi connectivity index (χ1v) is 7.08. The van der Waals surface area contributed by atoms with Gasteiger partial charge in [0.05, 0.1) is 7.11 Å². The van der Waals surface area contributed by atoms with Crippen molar-refractivity contribution in [1.82, 2.24) is 4.57 Å². The summed E-state index contributed by atoms with van der Waals surface area (Å²) < 4.78 is 7.61. The molecule has 0 aliphatic rings. The van der Waals surface area contributed by atoms with Crippen LogP contribution >= 0.6 is 0 Å². The van der Waals surface area contributed by atoms with E-state index in [-0.39, 0.29) is 0 Å². The highest BCUT2D eigenvalue weighted by Crippen LogP contribution is 2.34. The first kappa shape index (κ1) is 13.5. The molecule has 1 aromatic heterocycles. The van der Waals surface area contributed by atoms with Gasteiger partial charge >= 0.3 is 0 Å². The van der Waals surface area contributed by atoms with Gasteiger partial charge in [0.2, 0.25) is 0 Å². The summed E-state index contributed by atoms with van der Waals surface area (Å²) in [5.41, 5.74) is 4.93. The molecule has 0 unspecified atom stereocenters. The largest absolute Gasteiger partial charge is 0.497 e. The standard InChI is InChI=1S/C19H19NO/c1-4-11-20-13-18(16-7-5-6-8-19(16)20)17-12-15(21-3)10-9-14(17)2/h4-10,12-13H,1,11H2,2-3H3. The Labute approximate surface area is 125 Å². The quantitative estimate of drug-likeness (QED) is 0.624. The number of rotatable bonds is 4. The molecule has 3 rings (SSSR count). The normalized spacial score (nSPS) is 10.8. The number of aromatic nitrogens is 1. The Morgan fingerprint density at radius 2 is 1.95 bits per heavy atom. The van der Waals surface area contributed by atoms with E-state index in [9.17, 15) is 0 Å². The maximum atomic E-state index is 5.37. The van der Waals surface area contributed by atoms with Gasteiger partial charge in [0, 0.05) is 29.2 Å². The van der Waals surface area contributed by atoms with E-state index in [0.717, 1.165) is 12.3 Å². The van der Waals surface area contributed by atoms with E-state index < -0.39 is 0 Å². The van der Waals surface area contributed by atoms with Crippen LogP contribution in [0.1, 0.15) is 5.56 Å². The van der Waals surface area contributed by atoms with E-state index in [1.165, 1.54) is 27.6 Å². The lowest BCUT2D eigenvalue weighted by atomic mass is 10.00. The summed E-state index contributed by atoms with van der Waals surface area (Å²) in [5, 5.41) is 1.26. The number of allylic oxidation sites excluding steroid dienone is 1. The first-order chi connectivity index (χ1) is 10.2. The summed E-state index contributed by atoms with van der Waals surface area (Å²) in [5.74, 6) is 0.885. The molecule has 0 saturated carbocycles. The summed E-state index contributed by atoms with van der Waals surface area (Å²) in [6, 6.07) is 14.7. The lowest BCUT2D eigenvalue weighted by Crippen LogP contribution is -1.91. The van der Waals surface area contributed by atoms with Crippen molar-refractivity contribution in [3.05, 3.63) is 66.9 Å². The van der Waals surface area contributed by atoms with Crippen LogP contribution in [0.5, 0.6) is 5.75 Å². The lowest BCUT2D eigenvalue weighted by Gasteiger charge is -2.07. The number of aryl methyl sites for hydroxylation is 1. The van der Waals surface area contributed by atoms with E-state index in [1.807, 2.05) is 12.1 Å². The summed E-state index contributed by atoms with van der Waals surface area (Å²) >= 11 is 0. The molecule has 0 aliphatic heterocycles. The molecule has 0 atom stereocenters. The number of hydrogen-bond acceptors (Lipinski definition) is 1. The van der Waals surface area contributed by atoms with Crippen molar-refractivity contribution >= 4 is 10.9 Å². The number of fused-ring (bicyclic) bond motifs is 1. The molecule has 1 heterocycles. The molecule has 0 bridgehead atoms. The zero-order valence-electron chi connectivity index (χ0n) is 12.5. The smallest absolute Gasteiger partial charge is 0.119 e. The van der Waals surface area contributed by atoms with Gasteiger partial charge < -0.3 is 9.30 Å².